The first-order valence-corrected chi connectivity index (χ1v) is 8.58. The molecule has 134 valence electrons. The molecule has 2 N–H and O–H groups in total. The van der Waals surface area contributed by atoms with E-state index in [1.807, 2.05) is 24.3 Å². The first-order chi connectivity index (χ1) is 11.9. The number of hydrogen-bond donors (Lipinski definition) is 2. The van der Waals surface area contributed by atoms with Gasteiger partial charge in [-0.3, -0.25) is 14.3 Å². The van der Waals surface area contributed by atoms with Crippen LogP contribution < -0.4 is 4.74 Å². The molecule has 1 aromatic carbocycles. The number of Topliss-reactive ketones (excluding diaryl/α,β-unsaturated/α-hetero) is 1. The Balaban J connectivity index is 2.33. The number of ketones is 1. The maximum atomic E-state index is 12.4. The Kier molecular flexibility index (Phi) is 6.33. The van der Waals surface area contributed by atoms with Crippen LogP contribution in [-0.4, -0.2) is 43.7 Å². The summed E-state index contributed by atoms with van der Waals surface area (Å²) >= 11 is 2.86. The number of carbonyl (C=O) groups excluding carboxylic acids is 1. The monoisotopic (exact) mass is 410 g/mol. The van der Waals surface area contributed by atoms with Gasteiger partial charge in [0.2, 0.25) is 0 Å². The molecule has 2 atom stereocenters. The van der Waals surface area contributed by atoms with Crippen molar-refractivity contribution in [3.8, 4) is 5.75 Å². The van der Waals surface area contributed by atoms with Crippen LogP contribution in [0.4, 0.5) is 0 Å². The van der Waals surface area contributed by atoms with E-state index >= 15 is 0 Å². The number of carboxylic acid groups (broad SMARTS) is 1. The minimum Gasteiger partial charge on any atom is -0.497 e. The number of carboxylic acids is 1. The number of aliphatic carboxylic acids is 1. The van der Waals surface area contributed by atoms with Crippen LogP contribution in [-0.2, 0) is 11.3 Å². The molecule has 0 aliphatic rings. The summed E-state index contributed by atoms with van der Waals surface area (Å²) in [5.41, 5.74) is 1.22. The molecule has 2 unspecified atom stereocenters. The zero-order chi connectivity index (χ0) is 18.6. The normalized spacial score (nSPS) is 13.3. The van der Waals surface area contributed by atoms with Gasteiger partial charge in [-0.1, -0.05) is 35.0 Å². The number of carbonyl (C=O) groups is 2. The van der Waals surface area contributed by atoms with Crippen molar-refractivity contribution < 1.29 is 24.5 Å². The van der Waals surface area contributed by atoms with E-state index in [2.05, 4.69) is 21.0 Å². The van der Waals surface area contributed by atoms with Crippen LogP contribution in [0, 0.1) is 0 Å². The summed E-state index contributed by atoms with van der Waals surface area (Å²) in [6.45, 7) is 2.13. The number of alkyl halides is 1. The van der Waals surface area contributed by atoms with Crippen LogP contribution in [0.2, 0.25) is 0 Å². The van der Waals surface area contributed by atoms with Crippen molar-refractivity contribution in [2.24, 2.45) is 0 Å². The molecule has 2 rings (SSSR count). The molecule has 0 saturated carbocycles. The predicted octanol–water partition coefficient (Wildman–Crippen LogP) is 2.41. The minimum atomic E-state index is -1.38. The summed E-state index contributed by atoms with van der Waals surface area (Å²) in [4.78, 5) is 22.0. The summed E-state index contributed by atoms with van der Waals surface area (Å²) in [5, 5.41) is 23.4. The van der Waals surface area contributed by atoms with Crippen molar-refractivity contribution in [1.29, 1.82) is 0 Å². The molecule has 1 aromatic heterocycles. The third kappa shape index (κ3) is 4.46. The molecule has 0 saturated heterocycles. The lowest BCUT2D eigenvalue weighted by molar-refractivity contribution is -0.135. The standard InChI is InChI=1S/C17H19BrN2O5/c1-3-13(21)15-12(16(22)14(18)17(23)24)9-20(19-15)8-10-4-6-11(25-2)7-5-10/h4-7,9,13-14,21H,3,8H2,1-2H3,(H,23,24). The van der Waals surface area contributed by atoms with Gasteiger partial charge in [-0.15, -0.1) is 0 Å². The lowest BCUT2D eigenvalue weighted by atomic mass is 10.0. The number of benzene rings is 1. The van der Waals surface area contributed by atoms with Gasteiger partial charge in [0.05, 0.1) is 25.3 Å². The fourth-order valence-electron chi connectivity index (χ4n) is 2.31. The minimum absolute atomic E-state index is 0.104. The molecule has 0 amide bonds. The van der Waals surface area contributed by atoms with Gasteiger partial charge in [-0.2, -0.15) is 5.10 Å². The number of rotatable bonds is 8. The number of methoxy groups -OCH3 is 1. The highest BCUT2D eigenvalue weighted by Gasteiger charge is 2.30. The Morgan fingerprint density at radius 2 is 1.96 bits per heavy atom. The van der Waals surface area contributed by atoms with E-state index in [1.165, 1.54) is 10.9 Å². The highest BCUT2D eigenvalue weighted by molar-refractivity contribution is 9.10. The lowest BCUT2D eigenvalue weighted by Crippen LogP contribution is -2.24. The van der Waals surface area contributed by atoms with E-state index < -0.39 is 22.7 Å². The van der Waals surface area contributed by atoms with Crippen molar-refractivity contribution in [1.82, 2.24) is 9.78 Å². The van der Waals surface area contributed by atoms with Crippen LogP contribution in [0.3, 0.4) is 0 Å². The summed E-state index contributed by atoms with van der Waals surface area (Å²) < 4.78 is 6.63. The Hall–Kier alpha value is -2.19. The van der Waals surface area contributed by atoms with Gasteiger partial charge in [-0.05, 0) is 24.1 Å². The number of hydrogen-bond acceptors (Lipinski definition) is 5. The lowest BCUT2D eigenvalue weighted by Gasteiger charge is -2.08. The zero-order valence-corrected chi connectivity index (χ0v) is 15.4. The van der Waals surface area contributed by atoms with Crippen LogP contribution in [0.25, 0.3) is 0 Å². The molecular formula is C17H19BrN2O5. The van der Waals surface area contributed by atoms with E-state index in [-0.39, 0.29) is 11.3 Å². The highest BCUT2D eigenvalue weighted by Crippen LogP contribution is 2.23. The third-order valence-electron chi connectivity index (χ3n) is 3.71. The molecule has 0 fully saturated rings. The van der Waals surface area contributed by atoms with Gasteiger partial charge in [0.1, 0.15) is 11.4 Å². The van der Waals surface area contributed by atoms with E-state index in [0.717, 1.165) is 11.3 Å². The Morgan fingerprint density at radius 1 is 1.32 bits per heavy atom. The Bertz CT molecular complexity index is 757. The highest BCUT2D eigenvalue weighted by atomic mass is 79.9. The second kappa shape index (κ2) is 8.26. The van der Waals surface area contributed by atoms with Crippen LogP contribution in [0.5, 0.6) is 5.75 Å². The van der Waals surface area contributed by atoms with Gasteiger partial charge >= 0.3 is 5.97 Å². The van der Waals surface area contributed by atoms with Crippen molar-refractivity contribution >= 4 is 27.7 Å². The summed E-state index contributed by atoms with van der Waals surface area (Å²) in [6.07, 6.45) is 0.891. The van der Waals surface area contributed by atoms with Gasteiger partial charge in [-0.25, -0.2) is 0 Å². The predicted molar refractivity (Wildman–Crippen MR) is 94.3 cm³/mol. The molecule has 2 aromatic rings. The van der Waals surface area contributed by atoms with Gasteiger partial charge in [0.25, 0.3) is 0 Å². The molecule has 0 aliphatic carbocycles. The Morgan fingerprint density at radius 3 is 2.48 bits per heavy atom. The van der Waals surface area contributed by atoms with Crippen LogP contribution >= 0.6 is 15.9 Å². The maximum absolute atomic E-state index is 12.4. The molecule has 1 heterocycles. The third-order valence-corrected chi connectivity index (χ3v) is 4.52. The maximum Gasteiger partial charge on any atom is 0.325 e. The van der Waals surface area contributed by atoms with E-state index in [4.69, 9.17) is 9.84 Å². The second-order valence-corrected chi connectivity index (χ2v) is 6.38. The zero-order valence-electron chi connectivity index (χ0n) is 13.8. The largest absolute Gasteiger partial charge is 0.497 e. The molecule has 0 aliphatic heterocycles. The van der Waals surface area contributed by atoms with Gasteiger partial charge in [0, 0.05) is 6.20 Å². The van der Waals surface area contributed by atoms with Crippen molar-refractivity contribution in [3.63, 3.8) is 0 Å². The smallest absolute Gasteiger partial charge is 0.325 e. The summed E-state index contributed by atoms with van der Waals surface area (Å²) in [6, 6.07) is 7.35. The van der Waals surface area contributed by atoms with Crippen LogP contribution in [0.15, 0.2) is 30.5 Å². The quantitative estimate of drug-likeness (QED) is 0.393. The topological polar surface area (TPSA) is 102 Å². The molecule has 0 spiro atoms. The summed E-state index contributed by atoms with van der Waals surface area (Å²) in [5.74, 6) is -1.20. The number of aliphatic hydroxyl groups excluding tert-OH is 1. The summed E-state index contributed by atoms with van der Waals surface area (Å²) in [7, 11) is 1.58. The fraction of sp³-hybridized carbons (Fsp3) is 0.353. The molecule has 7 nitrogen and oxygen atoms in total. The number of nitrogens with zero attached hydrogens (tertiary/aromatic N) is 2. The van der Waals surface area contributed by atoms with Crippen molar-refractivity contribution in [2.75, 3.05) is 7.11 Å². The molecule has 25 heavy (non-hydrogen) atoms. The number of ether oxygens (including phenoxy) is 1. The van der Waals surface area contributed by atoms with Crippen molar-refractivity contribution in [2.45, 2.75) is 30.8 Å². The number of halogens is 1. The van der Waals surface area contributed by atoms with E-state index in [9.17, 15) is 14.7 Å². The SMILES string of the molecule is CCC(O)c1nn(Cc2ccc(OC)cc2)cc1C(=O)C(Br)C(=O)O. The fourth-order valence-corrected chi connectivity index (χ4v) is 2.56. The first-order valence-electron chi connectivity index (χ1n) is 7.66. The average molecular weight is 411 g/mol. The van der Waals surface area contributed by atoms with E-state index in [0.29, 0.717) is 13.0 Å². The second-order valence-electron chi connectivity index (χ2n) is 5.46. The molecule has 8 heteroatoms. The van der Waals surface area contributed by atoms with E-state index in [1.54, 1.807) is 14.0 Å². The molecule has 0 radical (unpaired) electrons. The molecule has 0 bridgehead atoms. The molecular weight excluding hydrogens is 392 g/mol. The van der Waals surface area contributed by atoms with Gasteiger partial charge in [0.15, 0.2) is 10.6 Å². The average Bonchev–Trinajstić information content (AvgIpc) is 3.04. The van der Waals surface area contributed by atoms with Gasteiger partial charge < -0.3 is 14.9 Å². The number of aromatic nitrogens is 2. The number of aliphatic hydroxyl groups is 1. The van der Waals surface area contributed by atoms with Crippen LogP contribution in [0.1, 0.15) is 41.1 Å². The van der Waals surface area contributed by atoms with Crippen molar-refractivity contribution in [3.05, 3.63) is 47.3 Å². The Labute approximate surface area is 153 Å². The first kappa shape index (κ1) is 19.1.